The van der Waals surface area contributed by atoms with Crippen molar-refractivity contribution in [3.05, 3.63) is 59.2 Å². The van der Waals surface area contributed by atoms with Gasteiger partial charge in [0, 0.05) is 37.1 Å². The van der Waals surface area contributed by atoms with Crippen LogP contribution in [0.5, 0.6) is 0 Å². The average molecular weight is 377 g/mol. The van der Waals surface area contributed by atoms with E-state index in [1.54, 1.807) is 19.0 Å². The Kier molecular flexibility index (Phi) is 4.61. The lowest BCUT2D eigenvalue weighted by Gasteiger charge is -2.36. The highest BCUT2D eigenvalue weighted by atomic mass is 16.2. The minimum atomic E-state index is -0.382. The summed E-state index contributed by atoms with van der Waals surface area (Å²) in [4.78, 5) is 26.6. The number of carbonyl (C=O) groups excluding carboxylic acids is 2. The molecule has 2 aromatic rings. The van der Waals surface area contributed by atoms with E-state index in [-0.39, 0.29) is 17.2 Å². The Labute approximate surface area is 166 Å². The summed E-state index contributed by atoms with van der Waals surface area (Å²) < 4.78 is 0. The van der Waals surface area contributed by atoms with Crippen molar-refractivity contribution in [1.29, 1.82) is 0 Å². The zero-order valence-corrected chi connectivity index (χ0v) is 16.7. The van der Waals surface area contributed by atoms with Crippen molar-refractivity contribution in [3.63, 3.8) is 0 Å². The second-order valence-electron chi connectivity index (χ2n) is 8.23. The summed E-state index contributed by atoms with van der Waals surface area (Å²) in [5.74, 6) is 0.145. The predicted molar refractivity (Wildman–Crippen MR) is 112 cm³/mol. The highest BCUT2D eigenvalue weighted by Gasteiger charge is 2.48. The fourth-order valence-corrected chi connectivity index (χ4v) is 4.51. The van der Waals surface area contributed by atoms with E-state index in [1.807, 2.05) is 36.4 Å². The van der Waals surface area contributed by atoms with Crippen molar-refractivity contribution in [1.82, 2.24) is 4.90 Å². The molecule has 1 heterocycles. The van der Waals surface area contributed by atoms with Crippen LogP contribution in [0.15, 0.2) is 42.5 Å². The van der Waals surface area contributed by atoms with Gasteiger partial charge in [0.15, 0.2) is 0 Å². The number of amides is 2. The van der Waals surface area contributed by atoms with Gasteiger partial charge in [-0.2, -0.15) is 0 Å². The summed E-state index contributed by atoms with van der Waals surface area (Å²) in [5.41, 5.74) is 4.55. The zero-order valence-electron chi connectivity index (χ0n) is 16.7. The fourth-order valence-electron chi connectivity index (χ4n) is 4.51. The maximum absolute atomic E-state index is 12.7. The largest absolute Gasteiger partial charge is 0.382 e. The molecule has 2 aromatic carbocycles. The van der Waals surface area contributed by atoms with Gasteiger partial charge in [0.25, 0.3) is 5.91 Å². The van der Waals surface area contributed by atoms with E-state index in [1.165, 1.54) is 0 Å². The third kappa shape index (κ3) is 3.05. The van der Waals surface area contributed by atoms with E-state index in [4.69, 9.17) is 0 Å². The molecule has 2 amide bonds. The maximum Gasteiger partial charge on any atom is 0.253 e. The van der Waals surface area contributed by atoms with Crippen molar-refractivity contribution in [3.8, 4) is 0 Å². The number of fused-ring (bicyclic) bond motifs is 2. The van der Waals surface area contributed by atoms with Gasteiger partial charge in [-0.25, -0.2) is 0 Å². The molecule has 1 fully saturated rings. The smallest absolute Gasteiger partial charge is 0.253 e. The van der Waals surface area contributed by atoms with Gasteiger partial charge in [-0.3, -0.25) is 9.59 Å². The number of benzene rings is 2. The second kappa shape index (κ2) is 6.97. The third-order valence-corrected chi connectivity index (χ3v) is 6.21. The van der Waals surface area contributed by atoms with Crippen molar-refractivity contribution in [2.75, 3.05) is 24.7 Å². The van der Waals surface area contributed by atoms with Crippen LogP contribution < -0.4 is 10.6 Å². The molecule has 1 saturated carbocycles. The number of hydrogen-bond donors (Lipinski definition) is 2. The quantitative estimate of drug-likeness (QED) is 0.852. The van der Waals surface area contributed by atoms with Crippen LogP contribution in [0.3, 0.4) is 0 Å². The monoisotopic (exact) mass is 377 g/mol. The number of rotatable bonds is 3. The molecule has 28 heavy (non-hydrogen) atoms. The van der Waals surface area contributed by atoms with Crippen LogP contribution in [0.25, 0.3) is 0 Å². The molecule has 2 N–H and O–H groups in total. The Hall–Kier alpha value is -2.82. The van der Waals surface area contributed by atoms with Crippen molar-refractivity contribution in [2.45, 2.75) is 44.1 Å². The molecule has 4 rings (SSSR count). The zero-order chi connectivity index (χ0) is 19.9. The van der Waals surface area contributed by atoms with E-state index in [0.29, 0.717) is 11.6 Å². The summed E-state index contributed by atoms with van der Waals surface area (Å²) in [7, 11) is 3.53. The van der Waals surface area contributed by atoms with Crippen LogP contribution in [0, 0.1) is 6.92 Å². The Morgan fingerprint density at radius 3 is 2.57 bits per heavy atom. The number of carbonyl (C=O) groups is 2. The summed E-state index contributed by atoms with van der Waals surface area (Å²) in [5, 5.41) is 6.69. The molecule has 0 radical (unpaired) electrons. The van der Waals surface area contributed by atoms with Crippen LogP contribution in [0.4, 0.5) is 11.4 Å². The minimum absolute atomic E-state index is 0.00452. The molecule has 1 aliphatic heterocycles. The van der Waals surface area contributed by atoms with Gasteiger partial charge in [0.2, 0.25) is 5.91 Å². The summed E-state index contributed by atoms with van der Waals surface area (Å²) >= 11 is 0. The summed E-state index contributed by atoms with van der Waals surface area (Å²) in [6.45, 7) is 2.05. The first-order valence-corrected chi connectivity index (χ1v) is 9.90. The Bertz CT molecular complexity index is 927. The molecule has 0 aromatic heterocycles. The van der Waals surface area contributed by atoms with E-state index in [9.17, 15) is 9.59 Å². The van der Waals surface area contributed by atoms with E-state index in [0.717, 1.165) is 48.2 Å². The highest BCUT2D eigenvalue weighted by molar-refractivity contribution is 6.06. The van der Waals surface area contributed by atoms with E-state index < -0.39 is 0 Å². The lowest BCUT2D eigenvalue weighted by molar-refractivity contribution is -0.122. The molecule has 2 aliphatic rings. The molecular formula is C23H27N3O2. The van der Waals surface area contributed by atoms with Gasteiger partial charge in [0.1, 0.15) is 0 Å². The van der Waals surface area contributed by atoms with Gasteiger partial charge < -0.3 is 15.5 Å². The van der Waals surface area contributed by atoms with E-state index in [2.05, 4.69) is 23.6 Å². The van der Waals surface area contributed by atoms with E-state index >= 15 is 0 Å². The maximum atomic E-state index is 12.7. The lowest BCUT2D eigenvalue weighted by Crippen LogP contribution is -2.41. The first-order chi connectivity index (χ1) is 13.4. The molecule has 0 atom stereocenters. The highest BCUT2D eigenvalue weighted by Crippen LogP contribution is 2.47. The predicted octanol–water partition coefficient (Wildman–Crippen LogP) is 3.94. The molecule has 0 saturated heterocycles. The Balaban J connectivity index is 1.49. The minimum Gasteiger partial charge on any atom is -0.382 e. The van der Waals surface area contributed by atoms with Gasteiger partial charge in [0.05, 0.1) is 5.41 Å². The number of hydrogen-bond acceptors (Lipinski definition) is 3. The number of aryl methyl sites for hydroxylation is 1. The van der Waals surface area contributed by atoms with Gasteiger partial charge in [-0.05, 0) is 61.9 Å². The van der Waals surface area contributed by atoms with Crippen molar-refractivity contribution >= 4 is 23.2 Å². The lowest BCUT2D eigenvalue weighted by atomic mass is 9.69. The number of nitrogens with zero attached hydrogens (tertiary/aromatic N) is 1. The van der Waals surface area contributed by atoms with Crippen LogP contribution in [0.1, 0.15) is 47.2 Å². The molecule has 1 aliphatic carbocycles. The molecule has 0 unspecified atom stereocenters. The Morgan fingerprint density at radius 1 is 1.14 bits per heavy atom. The molecule has 1 spiro atoms. The standard InChI is InChI=1S/C23H27N3O2/c1-15-8-9-16(21(27)26(2)3)14-20(15)24-17-10-12-23(13-11-17)18-6-4-5-7-19(18)25-22(23)28/h4-9,14,17,24H,10-13H2,1-3H3,(H,25,28). The fraction of sp³-hybridized carbons (Fsp3) is 0.391. The number of nitrogens with one attached hydrogen (secondary N) is 2. The molecule has 146 valence electrons. The van der Waals surface area contributed by atoms with Gasteiger partial charge in [-0.1, -0.05) is 24.3 Å². The number of anilines is 2. The van der Waals surface area contributed by atoms with Crippen LogP contribution in [-0.4, -0.2) is 36.9 Å². The third-order valence-electron chi connectivity index (χ3n) is 6.21. The van der Waals surface area contributed by atoms with Crippen LogP contribution in [0.2, 0.25) is 0 Å². The topological polar surface area (TPSA) is 61.4 Å². The summed E-state index contributed by atoms with van der Waals surface area (Å²) in [6.07, 6.45) is 3.52. The van der Waals surface area contributed by atoms with Crippen LogP contribution >= 0.6 is 0 Å². The molecule has 5 heteroatoms. The Morgan fingerprint density at radius 2 is 1.86 bits per heavy atom. The SMILES string of the molecule is Cc1ccc(C(=O)N(C)C)cc1NC1CCC2(CC1)C(=O)Nc1ccccc12. The molecule has 5 nitrogen and oxygen atoms in total. The van der Waals surface area contributed by atoms with Crippen molar-refractivity contribution in [2.24, 2.45) is 0 Å². The second-order valence-corrected chi connectivity index (χ2v) is 8.23. The normalized spacial score (nSPS) is 23.2. The number of para-hydroxylation sites is 1. The van der Waals surface area contributed by atoms with Gasteiger partial charge >= 0.3 is 0 Å². The first-order valence-electron chi connectivity index (χ1n) is 9.90. The first kappa shape index (κ1) is 18.5. The average Bonchev–Trinajstić information content (AvgIpc) is 2.96. The molecular weight excluding hydrogens is 350 g/mol. The van der Waals surface area contributed by atoms with Crippen LogP contribution in [-0.2, 0) is 10.2 Å². The summed E-state index contributed by atoms with van der Waals surface area (Å²) in [6, 6.07) is 14.2. The molecule has 0 bridgehead atoms. The van der Waals surface area contributed by atoms with Gasteiger partial charge in [-0.15, -0.1) is 0 Å². The van der Waals surface area contributed by atoms with Crippen molar-refractivity contribution < 1.29 is 9.59 Å².